The molecule has 1 saturated heterocycles. The van der Waals surface area contributed by atoms with E-state index < -0.39 is 5.60 Å². The van der Waals surface area contributed by atoms with E-state index in [4.69, 9.17) is 10.00 Å². The summed E-state index contributed by atoms with van der Waals surface area (Å²) < 4.78 is 5.15. The molecule has 1 fully saturated rings. The van der Waals surface area contributed by atoms with E-state index in [1.807, 2.05) is 26.8 Å². The van der Waals surface area contributed by atoms with Gasteiger partial charge in [-0.3, -0.25) is 4.90 Å². The first-order valence-corrected chi connectivity index (χ1v) is 4.53. The molecule has 1 rings (SSSR count). The van der Waals surface area contributed by atoms with Crippen LogP contribution in [0.1, 0.15) is 27.2 Å². The lowest BCUT2D eigenvalue weighted by Crippen LogP contribution is -2.43. The molecule has 0 aromatic carbocycles. The van der Waals surface area contributed by atoms with E-state index in [0.717, 1.165) is 12.1 Å². The molecule has 0 aliphatic carbocycles. The highest BCUT2D eigenvalue weighted by Crippen LogP contribution is 2.23. The third-order valence-electron chi connectivity index (χ3n) is 1.78. The van der Waals surface area contributed by atoms with Crippen molar-refractivity contribution < 1.29 is 9.53 Å². The van der Waals surface area contributed by atoms with Crippen molar-refractivity contribution in [1.82, 2.24) is 4.90 Å². The minimum Gasteiger partial charge on any atom is -0.443 e. The maximum atomic E-state index is 11.5. The summed E-state index contributed by atoms with van der Waals surface area (Å²) >= 11 is 0. The van der Waals surface area contributed by atoms with E-state index >= 15 is 0 Å². The monoisotopic (exact) mass is 194 g/mol. The molecule has 0 radical (unpaired) electrons. The number of carbonyl (C=O) groups is 1. The summed E-state index contributed by atoms with van der Waals surface area (Å²) in [5, 5.41) is 8.43. The Balaban J connectivity index is 2.56. The standard InChI is InChI=1S/C10H14N2O2/c1-10(2,3)14-9(13)12-7-5-8(12)4-6-11/h4H,5,7H2,1-3H3/b8-4+. The minimum atomic E-state index is -0.482. The third kappa shape index (κ3) is 2.49. The first kappa shape index (κ1) is 10.6. The van der Waals surface area contributed by atoms with E-state index in [9.17, 15) is 4.79 Å². The first-order valence-electron chi connectivity index (χ1n) is 4.53. The molecule has 1 amide bonds. The number of hydrogen-bond donors (Lipinski definition) is 0. The van der Waals surface area contributed by atoms with Gasteiger partial charge >= 0.3 is 6.09 Å². The average molecular weight is 194 g/mol. The van der Waals surface area contributed by atoms with Gasteiger partial charge in [-0.05, 0) is 20.8 Å². The molecular weight excluding hydrogens is 180 g/mol. The Morgan fingerprint density at radius 2 is 2.29 bits per heavy atom. The highest BCUT2D eigenvalue weighted by atomic mass is 16.6. The SMILES string of the molecule is CC(C)(C)OC(=O)N1CC/C1=C\C#N. The molecule has 1 heterocycles. The van der Waals surface area contributed by atoms with Crippen LogP contribution in [-0.4, -0.2) is 23.1 Å². The number of nitriles is 1. The second kappa shape index (κ2) is 3.70. The van der Waals surface area contributed by atoms with E-state index in [1.165, 1.54) is 11.0 Å². The summed E-state index contributed by atoms with van der Waals surface area (Å²) in [5.74, 6) is 0. The molecule has 0 spiro atoms. The van der Waals surface area contributed by atoms with Gasteiger partial charge in [0.2, 0.25) is 0 Å². The van der Waals surface area contributed by atoms with Crippen molar-refractivity contribution in [2.45, 2.75) is 32.8 Å². The Morgan fingerprint density at radius 3 is 2.64 bits per heavy atom. The third-order valence-corrected chi connectivity index (χ3v) is 1.78. The molecule has 0 unspecified atom stereocenters. The topological polar surface area (TPSA) is 53.3 Å². The zero-order valence-corrected chi connectivity index (χ0v) is 8.70. The van der Waals surface area contributed by atoms with Crippen LogP contribution < -0.4 is 0 Å². The summed E-state index contributed by atoms with van der Waals surface area (Å²) in [4.78, 5) is 13.0. The molecule has 14 heavy (non-hydrogen) atoms. The van der Waals surface area contributed by atoms with E-state index in [1.54, 1.807) is 0 Å². The van der Waals surface area contributed by atoms with Gasteiger partial charge in [0.05, 0.1) is 6.07 Å². The maximum absolute atomic E-state index is 11.5. The van der Waals surface area contributed by atoms with Gasteiger partial charge in [0.15, 0.2) is 0 Å². The van der Waals surface area contributed by atoms with Crippen LogP contribution in [0.5, 0.6) is 0 Å². The van der Waals surface area contributed by atoms with Crippen molar-refractivity contribution in [3.8, 4) is 6.07 Å². The first-order chi connectivity index (χ1) is 6.44. The maximum Gasteiger partial charge on any atom is 0.414 e. The summed E-state index contributed by atoms with van der Waals surface area (Å²) in [7, 11) is 0. The Labute approximate surface area is 83.8 Å². The Bertz CT molecular complexity index is 307. The summed E-state index contributed by atoms with van der Waals surface area (Å²) in [6.07, 6.45) is 1.78. The van der Waals surface area contributed by atoms with Crippen LogP contribution in [0.3, 0.4) is 0 Å². The van der Waals surface area contributed by atoms with Gasteiger partial charge < -0.3 is 4.74 Å². The minimum absolute atomic E-state index is 0.370. The van der Waals surface area contributed by atoms with Crippen molar-refractivity contribution in [1.29, 1.82) is 5.26 Å². The van der Waals surface area contributed by atoms with E-state index in [-0.39, 0.29) is 6.09 Å². The predicted octanol–water partition coefficient (Wildman–Crippen LogP) is 2.03. The lowest BCUT2D eigenvalue weighted by atomic mass is 10.1. The highest BCUT2D eigenvalue weighted by molar-refractivity contribution is 5.72. The largest absolute Gasteiger partial charge is 0.443 e. The van der Waals surface area contributed by atoms with E-state index in [0.29, 0.717) is 6.54 Å². The number of allylic oxidation sites excluding steroid dienone is 1. The van der Waals surface area contributed by atoms with Gasteiger partial charge in [-0.15, -0.1) is 0 Å². The fourth-order valence-corrected chi connectivity index (χ4v) is 1.10. The number of likely N-dealkylation sites (tertiary alicyclic amines) is 1. The number of hydrogen-bond acceptors (Lipinski definition) is 3. The van der Waals surface area contributed by atoms with Crippen molar-refractivity contribution in [2.24, 2.45) is 0 Å². The van der Waals surface area contributed by atoms with Gasteiger partial charge in [0.25, 0.3) is 0 Å². The average Bonchev–Trinajstić information content (AvgIpc) is 1.93. The normalized spacial score (nSPS) is 18.7. The summed E-state index contributed by atoms with van der Waals surface area (Å²) in [6, 6.07) is 1.91. The van der Waals surface area contributed by atoms with Crippen LogP contribution in [-0.2, 0) is 4.74 Å². The molecule has 0 N–H and O–H groups in total. The lowest BCUT2D eigenvalue weighted by molar-refractivity contribution is 0.0236. The van der Waals surface area contributed by atoms with Crippen LogP contribution in [0.15, 0.2) is 11.8 Å². The molecule has 0 saturated carbocycles. The van der Waals surface area contributed by atoms with Gasteiger partial charge in [-0.1, -0.05) is 0 Å². The second-order valence-corrected chi connectivity index (χ2v) is 4.15. The number of amides is 1. The molecule has 0 aromatic rings. The number of carbonyl (C=O) groups excluding carboxylic acids is 1. The fourth-order valence-electron chi connectivity index (χ4n) is 1.10. The van der Waals surface area contributed by atoms with Crippen molar-refractivity contribution >= 4 is 6.09 Å². The number of nitrogens with zero attached hydrogens (tertiary/aromatic N) is 2. The van der Waals surface area contributed by atoms with Crippen molar-refractivity contribution in [2.75, 3.05) is 6.54 Å². The van der Waals surface area contributed by atoms with Crippen LogP contribution in [0.4, 0.5) is 4.79 Å². The van der Waals surface area contributed by atoms with Gasteiger partial charge in [0, 0.05) is 24.7 Å². The van der Waals surface area contributed by atoms with Crippen LogP contribution in [0.25, 0.3) is 0 Å². The van der Waals surface area contributed by atoms with Crippen molar-refractivity contribution in [3.63, 3.8) is 0 Å². The molecular formula is C10H14N2O2. The van der Waals surface area contributed by atoms with Crippen LogP contribution in [0.2, 0.25) is 0 Å². The van der Waals surface area contributed by atoms with Crippen molar-refractivity contribution in [3.05, 3.63) is 11.8 Å². The molecule has 1 aliphatic rings. The molecule has 4 nitrogen and oxygen atoms in total. The number of ether oxygens (including phenoxy) is 1. The summed E-state index contributed by atoms with van der Waals surface area (Å²) in [5.41, 5.74) is 0.256. The predicted molar refractivity (Wildman–Crippen MR) is 51.3 cm³/mol. The molecule has 1 aliphatic heterocycles. The zero-order chi connectivity index (χ0) is 10.8. The Morgan fingerprint density at radius 1 is 1.64 bits per heavy atom. The molecule has 76 valence electrons. The Hall–Kier alpha value is -1.50. The molecule has 0 bridgehead atoms. The van der Waals surface area contributed by atoms with E-state index in [2.05, 4.69) is 0 Å². The van der Waals surface area contributed by atoms with Gasteiger partial charge in [0.1, 0.15) is 5.60 Å². The molecule has 4 heteroatoms. The Kier molecular flexibility index (Phi) is 2.80. The van der Waals surface area contributed by atoms with Gasteiger partial charge in [-0.25, -0.2) is 4.79 Å². The highest BCUT2D eigenvalue weighted by Gasteiger charge is 2.30. The smallest absolute Gasteiger partial charge is 0.414 e. The molecule has 0 aromatic heterocycles. The van der Waals surface area contributed by atoms with Crippen LogP contribution in [0, 0.1) is 11.3 Å². The fraction of sp³-hybridized carbons (Fsp3) is 0.600. The second-order valence-electron chi connectivity index (χ2n) is 4.15. The quantitative estimate of drug-likeness (QED) is 0.554. The van der Waals surface area contributed by atoms with Crippen LogP contribution >= 0.6 is 0 Å². The zero-order valence-electron chi connectivity index (χ0n) is 8.70. The lowest BCUT2D eigenvalue weighted by Gasteiger charge is -2.35. The molecule has 0 atom stereocenters. The summed E-state index contributed by atoms with van der Waals surface area (Å²) in [6.45, 7) is 6.09. The number of rotatable bonds is 0. The van der Waals surface area contributed by atoms with Gasteiger partial charge in [-0.2, -0.15) is 5.26 Å².